The molecule has 0 N–H and O–H groups in total. The average molecular weight is 212 g/mol. The Morgan fingerprint density at radius 3 is 2.20 bits per heavy atom. The van der Waals surface area contributed by atoms with Crippen molar-refractivity contribution in [2.75, 3.05) is 39.3 Å². The highest BCUT2D eigenvalue weighted by molar-refractivity contribution is 4.69. The summed E-state index contributed by atoms with van der Waals surface area (Å²) >= 11 is 0. The lowest BCUT2D eigenvalue weighted by atomic mass is 10.3. The molecule has 15 heavy (non-hydrogen) atoms. The first-order chi connectivity index (χ1) is 7.36. The van der Waals surface area contributed by atoms with Gasteiger partial charge in [0.2, 0.25) is 0 Å². The predicted octanol–water partition coefficient (Wildman–Crippen LogP) is 1.72. The van der Waals surface area contributed by atoms with E-state index in [1.807, 2.05) is 0 Å². The zero-order valence-corrected chi connectivity index (χ0v) is 10.4. The summed E-state index contributed by atoms with van der Waals surface area (Å²) in [6, 6.07) is 0. The van der Waals surface area contributed by atoms with Crippen molar-refractivity contribution < 1.29 is 0 Å². The number of hydrogen-bond donors (Lipinski definition) is 0. The number of piperazine rings is 1. The second kappa shape index (κ2) is 8.08. The van der Waals surface area contributed by atoms with Gasteiger partial charge in [0, 0.05) is 32.7 Å². The molecule has 1 aliphatic heterocycles. The Morgan fingerprint density at radius 1 is 0.933 bits per heavy atom. The van der Waals surface area contributed by atoms with Crippen LogP contribution in [0, 0.1) is 0 Å². The van der Waals surface area contributed by atoms with Gasteiger partial charge in [-0.3, -0.25) is 0 Å². The molecule has 0 spiro atoms. The van der Waals surface area contributed by atoms with Crippen molar-refractivity contribution >= 4 is 0 Å². The lowest BCUT2D eigenvalue weighted by Crippen LogP contribution is -2.49. The minimum Gasteiger partial charge on any atom is -0.301 e. The maximum atomic E-state index is 4.59. The van der Waals surface area contributed by atoms with E-state index < -0.39 is 0 Å². The van der Waals surface area contributed by atoms with Crippen LogP contribution >= 0.6 is 0 Å². The van der Waals surface area contributed by atoms with E-state index in [0.717, 1.165) is 19.6 Å². The van der Waals surface area contributed by atoms with E-state index >= 15 is 0 Å². The maximum Gasteiger partial charge on any atom is 0.0306 e. The van der Waals surface area contributed by atoms with E-state index in [4.69, 9.17) is 0 Å². The van der Waals surface area contributed by atoms with E-state index in [-0.39, 0.29) is 0 Å². The molecule has 89 valence electrons. The van der Waals surface area contributed by atoms with Crippen LogP contribution in [0.1, 0.15) is 39.5 Å². The van der Waals surface area contributed by atoms with Crippen LogP contribution in [0.15, 0.2) is 0 Å². The average Bonchev–Trinajstić information content (AvgIpc) is 2.28. The van der Waals surface area contributed by atoms with Gasteiger partial charge in [-0.25, -0.2) is 5.01 Å². The first kappa shape index (κ1) is 12.9. The van der Waals surface area contributed by atoms with Crippen molar-refractivity contribution in [2.45, 2.75) is 39.5 Å². The monoisotopic (exact) mass is 212 g/mol. The fourth-order valence-corrected chi connectivity index (χ4v) is 1.85. The molecule has 0 unspecified atom stereocenters. The van der Waals surface area contributed by atoms with Gasteiger partial charge in [-0.15, -0.1) is 0 Å². The molecule has 1 saturated heterocycles. The number of unbranched alkanes of at least 4 members (excludes halogenated alkanes) is 2. The Balaban J connectivity index is 2.02. The van der Waals surface area contributed by atoms with Gasteiger partial charge in [0.05, 0.1) is 0 Å². The molecule has 1 fully saturated rings. The zero-order valence-electron chi connectivity index (χ0n) is 10.4. The summed E-state index contributed by atoms with van der Waals surface area (Å²) in [5.74, 6) is 0. The molecule has 0 aliphatic carbocycles. The van der Waals surface area contributed by atoms with E-state index in [1.54, 1.807) is 0 Å². The molecule has 1 radical (unpaired) electrons. The second-order valence-corrected chi connectivity index (χ2v) is 4.37. The van der Waals surface area contributed by atoms with Crippen LogP contribution < -0.4 is 5.43 Å². The van der Waals surface area contributed by atoms with E-state index in [2.05, 4.69) is 29.2 Å². The molecule has 0 aromatic carbocycles. The van der Waals surface area contributed by atoms with E-state index in [9.17, 15) is 0 Å². The van der Waals surface area contributed by atoms with Crippen LogP contribution in [-0.2, 0) is 0 Å². The van der Waals surface area contributed by atoms with Crippen LogP contribution in [0.5, 0.6) is 0 Å². The van der Waals surface area contributed by atoms with E-state index in [0.29, 0.717) is 0 Å². The summed E-state index contributed by atoms with van der Waals surface area (Å²) in [4.78, 5) is 2.56. The molecule has 0 bridgehead atoms. The summed E-state index contributed by atoms with van der Waals surface area (Å²) in [5.41, 5.74) is 4.59. The fraction of sp³-hybridized carbons (Fsp3) is 1.00. The normalized spacial score (nSPS) is 19.6. The van der Waals surface area contributed by atoms with Gasteiger partial charge < -0.3 is 4.90 Å². The summed E-state index contributed by atoms with van der Waals surface area (Å²) < 4.78 is 0. The van der Waals surface area contributed by atoms with Crippen molar-refractivity contribution in [1.29, 1.82) is 0 Å². The van der Waals surface area contributed by atoms with Crippen molar-refractivity contribution in [2.24, 2.45) is 0 Å². The Labute approximate surface area is 94.8 Å². The quantitative estimate of drug-likeness (QED) is 0.599. The van der Waals surface area contributed by atoms with Gasteiger partial charge in [0.15, 0.2) is 0 Å². The molecule has 0 saturated carbocycles. The molecule has 3 nitrogen and oxygen atoms in total. The SMILES string of the molecule is CCCC[N]N1CCN(CCCC)CC1. The Hall–Kier alpha value is -0.120. The first-order valence-corrected chi connectivity index (χ1v) is 6.51. The highest BCUT2D eigenvalue weighted by atomic mass is 15.5. The smallest absolute Gasteiger partial charge is 0.0306 e. The number of nitrogens with zero attached hydrogens (tertiary/aromatic N) is 3. The minimum atomic E-state index is 1.02. The van der Waals surface area contributed by atoms with Crippen molar-refractivity contribution in [3.63, 3.8) is 0 Å². The third kappa shape index (κ3) is 5.50. The molecule has 1 heterocycles. The lowest BCUT2D eigenvalue weighted by molar-refractivity contribution is 0.0843. The Morgan fingerprint density at radius 2 is 1.60 bits per heavy atom. The largest absolute Gasteiger partial charge is 0.301 e. The van der Waals surface area contributed by atoms with Gasteiger partial charge >= 0.3 is 0 Å². The van der Waals surface area contributed by atoms with Crippen molar-refractivity contribution in [3.05, 3.63) is 0 Å². The van der Waals surface area contributed by atoms with E-state index in [1.165, 1.54) is 45.3 Å². The van der Waals surface area contributed by atoms with Crippen LogP contribution in [0.25, 0.3) is 0 Å². The van der Waals surface area contributed by atoms with Crippen molar-refractivity contribution in [3.8, 4) is 0 Å². The summed E-state index contributed by atoms with van der Waals surface area (Å²) in [5, 5.41) is 2.26. The van der Waals surface area contributed by atoms with Crippen LogP contribution in [0.4, 0.5) is 0 Å². The van der Waals surface area contributed by atoms with Gasteiger partial charge in [0.25, 0.3) is 0 Å². The first-order valence-electron chi connectivity index (χ1n) is 6.51. The Bertz CT molecular complexity index is 142. The number of hydrogen-bond acceptors (Lipinski definition) is 2. The maximum absolute atomic E-state index is 4.59. The van der Waals surface area contributed by atoms with Crippen molar-refractivity contribution in [1.82, 2.24) is 15.3 Å². The zero-order chi connectivity index (χ0) is 10.9. The summed E-state index contributed by atoms with van der Waals surface area (Å²) in [7, 11) is 0. The molecule has 1 aliphatic rings. The second-order valence-electron chi connectivity index (χ2n) is 4.37. The third-order valence-corrected chi connectivity index (χ3v) is 2.99. The molecule has 0 atom stereocenters. The molecule has 0 aromatic rings. The standard InChI is InChI=1S/C12H26N3/c1-3-5-7-13-15-11-9-14(10-12-15)8-6-4-2/h3-12H2,1-2H3. The lowest BCUT2D eigenvalue weighted by Gasteiger charge is -2.33. The molecule has 0 amide bonds. The van der Waals surface area contributed by atoms with Gasteiger partial charge in [-0.05, 0) is 19.4 Å². The highest BCUT2D eigenvalue weighted by Gasteiger charge is 2.15. The molecule has 3 heteroatoms. The Kier molecular flexibility index (Phi) is 6.98. The van der Waals surface area contributed by atoms with Gasteiger partial charge in [0.1, 0.15) is 0 Å². The van der Waals surface area contributed by atoms with Crippen LogP contribution in [0.2, 0.25) is 0 Å². The summed E-state index contributed by atoms with van der Waals surface area (Å²) in [6.07, 6.45) is 5.13. The number of rotatable bonds is 7. The molecular formula is C12H26N3. The third-order valence-electron chi connectivity index (χ3n) is 2.99. The molecule has 0 aromatic heterocycles. The topological polar surface area (TPSA) is 20.6 Å². The molecule has 1 rings (SSSR count). The van der Waals surface area contributed by atoms with Crippen LogP contribution in [-0.4, -0.2) is 49.2 Å². The summed E-state index contributed by atoms with van der Waals surface area (Å²) in [6.45, 7) is 11.4. The van der Waals surface area contributed by atoms with Crippen LogP contribution in [0.3, 0.4) is 0 Å². The molecular weight excluding hydrogens is 186 g/mol. The predicted molar refractivity (Wildman–Crippen MR) is 64.8 cm³/mol. The van der Waals surface area contributed by atoms with Gasteiger partial charge in [-0.1, -0.05) is 26.7 Å². The fourth-order valence-electron chi connectivity index (χ4n) is 1.85. The van der Waals surface area contributed by atoms with Gasteiger partial charge in [-0.2, -0.15) is 5.43 Å². The minimum absolute atomic E-state index is 1.02. The highest BCUT2D eigenvalue weighted by Crippen LogP contribution is 2.02.